The van der Waals surface area contributed by atoms with Crippen LogP contribution < -0.4 is 0 Å². The third-order valence-electron chi connectivity index (χ3n) is 4.81. The van der Waals surface area contributed by atoms with Gasteiger partial charge in [0.25, 0.3) is 0 Å². The van der Waals surface area contributed by atoms with Crippen molar-refractivity contribution in [3.05, 3.63) is 35.4 Å². The highest BCUT2D eigenvalue weighted by Crippen LogP contribution is 2.28. The van der Waals surface area contributed by atoms with Gasteiger partial charge in [-0.05, 0) is 43.6 Å². The molecule has 0 spiro atoms. The summed E-state index contributed by atoms with van der Waals surface area (Å²) in [5.74, 6) is 1.61. The zero-order valence-electron chi connectivity index (χ0n) is 14.7. The number of ketones is 1. The van der Waals surface area contributed by atoms with Gasteiger partial charge in [0.2, 0.25) is 5.91 Å². The molecule has 1 aliphatic rings. The van der Waals surface area contributed by atoms with Crippen LogP contribution in [-0.4, -0.2) is 29.7 Å². The van der Waals surface area contributed by atoms with E-state index in [4.69, 9.17) is 0 Å². The molecular formula is C20H29NO2. The number of likely N-dealkylation sites (tertiary alicyclic amines) is 1. The number of carbonyl (C=O) groups excluding carboxylic acids is 2. The minimum Gasteiger partial charge on any atom is -0.343 e. The van der Waals surface area contributed by atoms with Crippen molar-refractivity contribution in [1.29, 1.82) is 0 Å². The van der Waals surface area contributed by atoms with Gasteiger partial charge in [-0.1, -0.05) is 44.5 Å². The van der Waals surface area contributed by atoms with Gasteiger partial charge >= 0.3 is 0 Å². The third-order valence-corrected chi connectivity index (χ3v) is 4.81. The summed E-state index contributed by atoms with van der Waals surface area (Å²) in [4.78, 5) is 25.6. The van der Waals surface area contributed by atoms with Crippen LogP contribution in [0.4, 0.5) is 0 Å². The highest BCUT2D eigenvalue weighted by Gasteiger charge is 2.23. The Kier molecular flexibility index (Phi) is 6.37. The van der Waals surface area contributed by atoms with Crippen molar-refractivity contribution in [2.45, 2.75) is 58.8 Å². The fraction of sp³-hybridized carbons (Fsp3) is 0.600. The third kappa shape index (κ3) is 5.19. The maximum atomic E-state index is 12.2. The van der Waals surface area contributed by atoms with Crippen LogP contribution in [0.5, 0.6) is 0 Å². The molecule has 23 heavy (non-hydrogen) atoms. The van der Waals surface area contributed by atoms with Gasteiger partial charge < -0.3 is 4.90 Å². The predicted molar refractivity (Wildman–Crippen MR) is 93.7 cm³/mol. The molecule has 0 radical (unpaired) electrons. The lowest BCUT2D eigenvalue weighted by Crippen LogP contribution is -2.37. The molecule has 3 nitrogen and oxygen atoms in total. The van der Waals surface area contributed by atoms with Gasteiger partial charge in [-0.3, -0.25) is 9.59 Å². The molecule has 0 N–H and O–H groups in total. The second-order valence-electron chi connectivity index (χ2n) is 7.12. The lowest BCUT2D eigenvalue weighted by atomic mass is 9.88. The standard InChI is InChI=1S/C20H29NO2/c1-15(2)5-4-6-20(23)21-13-11-19(12-14-21)18-9-7-17(8-10-18)16(3)22/h7-10,15,19H,4-6,11-14H2,1-3H3. The molecule has 0 unspecified atom stereocenters. The lowest BCUT2D eigenvalue weighted by Gasteiger charge is -2.32. The number of carbonyl (C=O) groups is 2. The topological polar surface area (TPSA) is 37.4 Å². The van der Waals surface area contributed by atoms with Crippen LogP contribution in [0.1, 0.15) is 74.7 Å². The number of rotatable bonds is 6. The van der Waals surface area contributed by atoms with Crippen molar-refractivity contribution in [3.8, 4) is 0 Å². The number of Topliss-reactive ketones (excluding diaryl/α,β-unsaturated/α-hetero) is 1. The summed E-state index contributed by atoms with van der Waals surface area (Å²) in [6, 6.07) is 7.98. The zero-order chi connectivity index (χ0) is 16.8. The van der Waals surface area contributed by atoms with Crippen LogP contribution in [-0.2, 0) is 4.79 Å². The lowest BCUT2D eigenvalue weighted by molar-refractivity contribution is -0.132. The maximum absolute atomic E-state index is 12.2. The Morgan fingerprint density at radius 1 is 1.13 bits per heavy atom. The molecule has 0 saturated carbocycles. The van der Waals surface area contributed by atoms with Gasteiger partial charge in [0.15, 0.2) is 5.78 Å². The van der Waals surface area contributed by atoms with E-state index >= 15 is 0 Å². The molecule has 0 aromatic heterocycles. The van der Waals surface area contributed by atoms with Crippen LogP contribution in [0.2, 0.25) is 0 Å². The molecule has 1 saturated heterocycles. The van der Waals surface area contributed by atoms with E-state index in [2.05, 4.69) is 26.0 Å². The molecule has 1 fully saturated rings. The van der Waals surface area contributed by atoms with Gasteiger partial charge in [0.1, 0.15) is 0 Å². The van der Waals surface area contributed by atoms with Crippen LogP contribution in [0, 0.1) is 5.92 Å². The highest BCUT2D eigenvalue weighted by molar-refractivity contribution is 5.94. The molecule has 1 aliphatic heterocycles. The molecule has 126 valence electrons. The number of hydrogen-bond acceptors (Lipinski definition) is 2. The van der Waals surface area contributed by atoms with Crippen molar-refractivity contribution in [1.82, 2.24) is 4.90 Å². The van der Waals surface area contributed by atoms with Gasteiger partial charge in [-0.15, -0.1) is 0 Å². The van der Waals surface area contributed by atoms with E-state index in [0.717, 1.165) is 44.3 Å². The molecule has 1 amide bonds. The van der Waals surface area contributed by atoms with Crippen molar-refractivity contribution in [2.75, 3.05) is 13.1 Å². The van der Waals surface area contributed by atoms with E-state index in [9.17, 15) is 9.59 Å². The van der Waals surface area contributed by atoms with Crippen molar-refractivity contribution < 1.29 is 9.59 Å². The average molecular weight is 315 g/mol. The molecule has 0 aliphatic carbocycles. The molecular weight excluding hydrogens is 286 g/mol. The number of hydrogen-bond donors (Lipinski definition) is 0. The molecule has 0 bridgehead atoms. The molecule has 1 aromatic carbocycles. The smallest absolute Gasteiger partial charge is 0.222 e. The Labute approximate surface area is 140 Å². The van der Waals surface area contributed by atoms with E-state index in [1.165, 1.54) is 5.56 Å². The monoisotopic (exact) mass is 315 g/mol. The Morgan fingerprint density at radius 2 is 1.74 bits per heavy atom. The molecule has 0 atom stereocenters. The van der Waals surface area contributed by atoms with Crippen molar-refractivity contribution >= 4 is 11.7 Å². The van der Waals surface area contributed by atoms with Crippen LogP contribution in [0.15, 0.2) is 24.3 Å². The Morgan fingerprint density at radius 3 is 2.26 bits per heavy atom. The molecule has 1 aromatic rings. The fourth-order valence-corrected chi connectivity index (χ4v) is 3.27. The first-order chi connectivity index (χ1) is 11.0. The van der Waals surface area contributed by atoms with Crippen LogP contribution in [0.3, 0.4) is 0 Å². The first-order valence-electron chi connectivity index (χ1n) is 8.86. The fourth-order valence-electron chi connectivity index (χ4n) is 3.27. The number of amides is 1. The summed E-state index contributed by atoms with van der Waals surface area (Å²) in [5, 5.41) is 0. The summed E-state index contributed by atoms with van der Waals surface area (Å²) in [6.45, 7) is 7.72. The minimum absolute atomic E-state index is 0.110. The second kappa shape index (κ2) is 8.28. The zero-order valence-corrected chi connectivity index (χ0v) is 14.7. The first-order valence-corrected chi connectivity index (χ1v) is 8.86. The first kappa shape index (κ1) is 17.7. The number of piperidine rings is 1. The molecule has 2 rings (SSSR count). The largest absolute Gasteiger partial charge is 0.343 e. The molecule has 3 heteroatoms. The summed E-state index contributed by atoms with van der Waals surface area (Å²) in [5.41, 5.74) is 2.06. The van der Waals surface area contributed by atoms with E-state index < -0.39 is 0 Å². The highest BCUT2D eigenvalue weighted by atomic mass is 16.2. The van der Waals surface area contributed by atoms with Gasteiger partial charge in [0, 0.05) is 25.1 Å². The SMILES string of the molecule is CC(=O)c1ccc(C2CCN(C(=O)CCCC(C)C)CC2)cc1. The summed E-state index contributed by atoms with van der Waals surface area (Å²) in [7, 11) is 0. The maximum Gasteiger partial charge on any atom is 0.222 e. The Hall–Kier alpha value is -1.64. The van der Waals surface area contributed by atoms with Gasteiger partial charge in [-0.25, -0.2) is 0 Å². The van der Waals surface area contributed by atoms with E-state index in [-0.39, 0.29) is 5.78 Å². The van der Waals surface area contributed by atoms with Gasteiger partial charge in [0.05, 0.1) is 0 Å². The van der Waals surface area contributed by atoms with Crippen LogP contribution in [0.25, 0.3) is 0 Å². The Bertz CT molecular complexity index is 525. The number of nitrogens with zero attached hydrogens (tertiary/aromatic N) is 1. The predicted octanol–water partition coefficient (Wildman–Crippen LogP) is 4.42. The Balaban J connectivity index is 1.81. The quantitative estimate of drug-likeness (QED) is 0.729. The van der Waals surface area contributed by atoms with E-state index in [1.54, 1.807) is 6.92 Å². The van der Waals surface area contributed by atoms with E-state index in [0.29, 0.717) is 24.2 Å². The van der Waals surface area contributed by atoms with E-state index in [1.807, 2.05) is 17.0 Å². The van der Waals surface area contributed by atoms with Crippen molar-refractivity contribution in [3.63, 3.8) is 0 Å². The summed E-state index contributed by atoms with van der Waals surface area (Å²) in [6.07, 6.45) is 4.87. The summed E-state index contributed by atoms with van der Waals surface area (Å²) >= 11 is 0. The van der Waals surface area contributed by atoms with Crippen LogP contribution >= 0.6 is 0 Å². The second-order valence-corrected chi connectivity index (χ2v) is 7.12. The average Bonchev–Trinajstić information content (AvgIpc) is 2.54. The minimum atomic E-state index is 0.110. The normalized spacial score (nSPS) is 15.9. The summed E-state index contributed by atoms with van der Waals surface area (Å²) < 4.78 is 0. The number of benzene rings is 1. The van der Waals surface area contributed by atoms with Gasteiger partial charge in [-0.2, -0.15) is 0 Å². The molecule has 1 heterocycles. The van der Waals surface area contributed by atoms with Crippen molar-refractivity contribution in [2.24, 2.45) is 5.92 Å².